The molecule has 1 aromatic heterocycles. The summed E-state index contributed by atoms with van der Waals surface area (Å²) in [5.74, 6) is -1.06. The van der Waals surface area contributed by atoms with Crippen LogP contribution in [0, 0.1) is 0 Å². The molecule has 0 spiro atoms. The summed E-state index contributed by atoms with van der Waals surface area (Å²) < 4.78 is 17.2. The summed E-state index contributed by atoms with van der Waals surface area (Å²) in [4.78, 5) is 36.6. The molecule has 2 aromatic rings. The number of hydrogen-bond donors (Lipinski definition) is 0. The van der Waals surface area contributed by atoms with E-state index < -0.39 is 11.6 Å². The van der Waals surface area contributed by atoms with Gasteiger partial charge < -0.3 is 18.8 Å². The molecule has 0 radical (unpaired) electrons. The fourth-order valence-corrected chi connectivity index (χ4v) is 3.48. The third kappa shape index (κ3) is 7.36. The molecule has 0 saturated carbocycles. The minimum atomic E-state index is -0.613. The highest BCUT2D eigenvalue weighted by atomic mass is 127. The summed E-state index contributed by atoms with van der Waals surface area (Å²) in [5, 5.41) is 0. The van der Waals surface area contributed by atoms with E-state index in [1.54, 1.807) is 50.4 Å². The zero-order valence-electron chi connectivity index (χ0n) is 19.1. The molecule has 0 saturated heterocycles. The Kier molecular flexibility index (Phi) is 9.30. The van der Waals surface area contributed by atoms with Crippen molar-refractivity contribution in [2.24, 2.45) is 0 Å². The van der Waals surface area contributed by atoms with Gasteiger partial charge in [-0.05, 0) is 77.8 Å². The molecule has 32 heavy (non-hydrogen) atoms. The summed E-state index contributed by atoms with van der Waals surface area (Å²) in [6.07, 6.45) is 2.82. The minimum absolute atomic E-state index is 0.252. The highest BCUT2D eigenvalue weighted by Gasteiger charge is 2.22. The van der Waals surface area contributed by atoms with Crippen LogP contribution in [0.15, 0.2) is 36.5 Å². The monoisotopic (exact) mass is 555 g/mol. The van der Waals surface area contributed by atoms with Crippen LogP contribution in [0.5, 0.6) is 0 Å². The molecule has 2 rings (SSSR count). The number of esters is 3. The molecular weight excluding hydrogens is 525 g/mol. The van der Waals surface area contributed by atoms with Crippen molar-refractivity contribution in [3.05, 3.63) is 53.3 Å². The second kappa shape index (κ2) is 11.5. The van der Waals surface area contributed by atoms with Crippen LogP contribution in [-0.4, -0.2) is 45.2 Å². The number of rotatable bonds is 9. The quantitative estimate of drug-likeness (QED) is 0.189. The average molecular weight is 555 g/mol. The first-order valence-electron chi connectivity index (χ1n) is 10.6. The predicted octanol–water partition coefficient (Wildman–Crippen LogP) is 4.91. The molecule has 1 unspecified atom stereocenters. The summed E-state index contributed by atoms with van der Waals surface area (Å²) in [6.45, 7) is 9.63. The van der Waals surface area contributed by atoms with Gasteiger partial charge in [0.1, 0.15) is 9.53 Å². The standard InChI is InChI=1S/C24H30INO6/c1-6-30-21(27)16-8-10-18(11-9-16)26-15-17(22(28)32-24(3,4)5)14-19(26)12-13-20(25)23(29)31-7-2/h8-11,14-15,20H,6-7,12-13H2,1-5H3. The molecule has 0 amide bonds. The molecule has 1 aromatic carbocycles. The smallest absolute Gasteiger partial charge is 0.340 e. The third-order valence-corrected chi connectivity index (χ3v) is 5.52. The molecule has 0 aliphatic rings. The van der Waals surface area contributed by atoms with Crippen molar-refractivity contribution in [1.29, 1.82) is 0 Å². The maximum atomic E-state index is 12.6. The van der Waals surface area contributed by atoms with Crippen LogP contribution in [-0.2, 0) is 25.4 Å². The Morgan fingerprint density at radius 2 is 1.59 bits per heavy atom. The Balaban J connectivity index is 2.33. The summed E-state index contributed by atoms with van der Waals surface area (Å²) >= 11 is 2.07. The molecule has 174 valence electrons. The first-order chi connectivity index (χ1) is 15.1. The van der Waals surface area contributed by atoms with Gasteiger partial charge in [-0.15, -0.1) is 0 Å². The normalized spacial score (nSPS) is 12.2. The van der Waals surface area contributed by atoms with E-state index in [1.165, 1.54) is 0 Å². The van der Waals surface area contributed by atoms with Crippen LogP contribution in [0.1, 0.15) is 67.4 Å². The number of hydrogen-bond acceptors (Lipinski definition) is 6. The topological polar surface area (TPSA) is 83.8 Å². The van der Waals surface area contributed by atoms with Crippen molar-refractivity contribution in [2.45, 2.75) is 57.0 Å². The Morgan fingerprint density at radius 3 is 2.16 bits per heavy atom. The van der Waals surface area contributed by atoms with Crippen molar-refractivity contribution < 1.29 is 28.6 Å². The highest BCUT2D eigenvalue weighted by molar-refractivity contribution is 14.1. The van der Waals surface area contributed by atoms with Crippen molar-refractivity contribution >= 4 is 40.5 Å². The number of aromatic nitrogens is 1. The number of benzene rings is 1. The molecule has 0 bridgehead atoms. The van der Waals surface area contributed by atoms with E-state index in [2.05, 4.69) is 22.6 Å². The van der Waals surface area contributed by atoms with Gasteiger partial charge >= 0.3 is 17.9 Å². The van der Waals surface area contributed by atoms with Crippen molar-refractivity contribution in [1.82, 2.24) is 4.57 Å². The number of aryl methyl sites for hydroxylation is 1. The predicted molar refractivity (Wildman–Crippen MR) is 130 cm³/mol. The lowest BCUT2D eigenvalue weighted by molar-refractivity contribution is -0.142. The second-order valence-electron chi connectivity index (χ2n) is 8.12. The van der Waals surface area contributed by atoms with E-state index in [0.717, 1.165) is 11.4 Å². The van der Waals surface area contributed by atoms with Crippen molar-refractivity contribution in [3.8, 4) is 5.69 Å². The van der Waals surface area contributed by atoms with Crippen LogP contribution >= 0.6 is 22.6 Å². The fraction of sp³-hybridized carbons (Fsp3) is 0.458. The van der Waals surface area contributed by atoms with Crippen LogP contribution in [0.3, 0.4) is 0 Å². The number of halogens is 1. The van der Waals surface area contributed by atoms with Crippen LogP contribution < -0.4 is 0 Å². The van der Waals surface area contributed by atoms with E-state index >= 15 is 0 Å². The minimum Gasteiger partial charge on any atom is -0.465 e. The van der Waals surface area contributed by atoms with Crippen molar-refractivity contribution in [2.75, 3.05) is 13.2 Å². The zero-order valence-corrected chi connectivity index (χ0v) is 21.3. The number of nitrogens with zero attached hydrogens (tertiary/aromatic N) is 1. The van der Waals surface area contributed by atoms with Gasteiger partial charge in [-0.1, -0.05) is 22.6 Å². The zero-order chi connectivity index (χ0) is 23.9. The lowest BCUT2D eigenvalue weighted by Crippen LogP contribution is -2.23. The van der Waals surface area contributed by atoms with Gasteiger partial charge in [-0.3, -0.25) is 4.79 Å². The van der Waals surface area contributed by atoms with Gasteiger partial charge in [-0.25, -0.2) is 9.59 Å². The van der Waals surface area contributed by atoms with Crippen LogP contribution in [0.4, 0.5) is 0 Å². The van der Waals surface area contributed by atoms with Crippen LogP contribution in [0.2, 0.25) is 0 Å². The molecule has 0 aliphatic heterocycles. The molecule has 8 heteroatoms. The molecule has 1 atom stereocenters. The van der Waals surface area contributed by atoms with E-state index in [-0.39, 0.29) is 15.9 Å². The maximum absolute atomic E-state index is 12.6. The van der Waals surface area contributed by atoms with E-state index in [4.69, 9.17) is 14.2 Å². The Hall–Kier alpha value is -2.36. The lowest BCUT2D eigenvalue weighted by Gasteiger charge is -2.18. The first kappa shape index (κ1) is 25.9. The summed E-state index contributed by atoms with van der Waals surface area (Å²) in [6, 6.07) is 8.73. The maximum Gasteiger partial charge on any atom is 0.340 e. The van der Waals surface area contributed by atoms with Gasteiger partial charge in [0, 0.05) is 17.6 Å². The van der Waals surface area contributed by atoms with E-state index in [1.807, 2.05) is 25.3 Å². The second-order valence-corrected chi connectivity index (χ2v) is 9.62. The Labute approximate surface area is 202 Å². The lowest BCUT2D eigenvalue weighted by atomic mass is 10.1. The first-order valence-corrected chi connectivity index (χ1v) is 11.8. The van der Waals surface area contributed by atoms with Gasteiger partial charge in [0.05, 0.1) is 24.3 Å². The Bertz CT molecular complexity index is 942. The molecule has 0 N–H and O–H groups in total. The molecule has 0 aliphatic carbocycles. The van der Waals surface area contributed by atoms with Gasteiger partial charge in [0.25, 0.3) is 0 Å². The van der Waals surface area contributed by atoms with Crippen molar-refractivity contribution in [3.63, 3.8) is 0 Å². The highest BCUT2D eigenvalue weighted by Crippen LogP contribution is 2.22. The molecule has 7 nitrogen and oxygen atoms in total. The van der Waals surface area contributed by atoms with E-state index in [9.17, 15) is 14.4 Å². The summed E-state index contributed by atoms with van der Waals surface area (Å²) in [5.41, 5.74) is 1.89. The fourth-order valence-electron chi connectivity index (χ4n) is 2.99. The van der Waals surface area contributed by atoms with E-state index in [0.29, 0.717) is 37.2 Å². The number of alkyl halides is 1. The SMILES string of the molecule is CCOC(=O)c1ccc(-n2cc(C(=O)OC(C)(C)C)cc2CCC(I)C(=O)OCC)cc1. The number of carbonyl (C=O) groups is 3. The number of carbonyl (C=O) groups excluding carboxylic acids is 3. The molecular formula is C24H30INO6. The number of ether oxygens (including phenoxy) is 3. The van der Waals surface area contributed by atoms with Crippen LogP contribution in [0.25, 0.3) is 5.69 Å². The average Bonchev–Trinajstić information content (AvgIpc) is 3.15. The Morgan fingerprint density at radius 1 is 0.969 bits per heavy atom. The third-order valence-electron chi connectivity index (χ3n) is 4.39. The largest absolute Gasteiger partial charge is 0.465 e. The molecule has 1 heterocycles. The van der Waals surface area contributed by atoms with Gasteiger partial charge in [0.2, 0.25) is 0 Å². The summed E-state index contributed by atoms with van der Waals surface area (Å²) in [7, 11) is 0. The van der Waals surface area contributed by atoms with Gasteiger partial charge in [-0.2, -0.15) is 0 Å². The molecule has 0 fully saturated rings. The van der Waals surface area contributed by atoms with Gasteiger partial charge in [0.15, 0.2) is 0 Å².